The van der Waals surface area contributed by atoms with Crippen LogP contribution < -0.4 is 5.73 Å². The summed E-state index contributed by atoms with van der Waals surface area (Å²) in [7, 11) is 0. The smallest absolute Gasteiger partial charge is 0.0237 e. The predicted octanol–water partition coefficient (Wildman–Crippen LogP) is 1.93. The highest BCUT2D eigenvalue weighted by molar-refractivity contribution is 5.14. The summed E-state index contributed by atoms with van der Waals surface area (Å²) < 4.78 is 0. The number of nitrogens with zero attached hydrogens (tertiary/aromatic N) is 2. The maximum absolute atomic E-state index is 5.68. The molecule has 2 N–H and O–H groups in total. The van der Waals surface area contributed by atoms with Crippen LogP contribution in [-0.4, -0.2) is 48.6 Å². The van der Waals surface area contributed by atoms with Crippen molar-refractivity contribution in [1.29, 1.82) is 0 Å². The lowest BCUT2D eigenvalue weighted by molar-refractivity contribution is 0.0977. The van der Waals surface area contributed by atoms with E-state index in [9.17, 15) is 0 Å². The van der Waals surface area contributed by atoms with Crippen LogP contribution in [0.25, 0.3) is 0 Å². The largest absolute Gasteiger partial charge is 0.329 e. The summed E-state index contributed by atoms with van der Waals surface area (Å²) in [4.78, 5) is 5.12. The van der Waals surface area contributed by atoms with E-state index in [0.717, 1.165) is 26.2 Å². The van der Waals surface area contributed by atoms with E-state index in [1.54, 1.807) is 0 Å². The van der Waals surface area contributed by atoms with E-state index in [-0.39, 0.29) is 0 Å². The Morgan fingerprint density at radius 3 is 2.79 bits per heavy atom. The number of benzene rings is 1. The first kappa shape index (κ1) is 14.5. The molecule has 3 heteroatoms. The normalized spacial score (nSPS) is 20.9. The van der Waals surface area contributed by atoms with Crippen molar-refractivity contribution in [2.45, 2.75) is 32.4 Å². The molecule has 1 atom stereocenters. The number of likely N-dealkylation sites (N-methyl/N-ethyl adjacent to an activating group) is 1. The maximum Gasteiger partial charge on any atom is 0.0237 e. The number of likely N-dealkylation sites (tertiary alicyclic amines) is 1. The molecule has 0 aliphatic carbocycles. The molecule has 1 aliphatic rings. The molecule has 0 radical (unpaired) electrons. The zero-order chi connectivity index (χ0) is 13.5. The quantitative estimate of drug-likeness (QED) is 0.849. The molecular weight excluding hydrogens is 234 g/mol. The lowest BCUT2D eigenvalue weighted by atomic mass is 10.0. The molecule has 0 bridgehead atoms. The third-order valence-electron chi connectivity index (χ3n) is 4.08. The van der Waals surface area contributed by atoms with Crippen molar-refractivity contribution in [3.05, 3.63) is 35.9 Å². The van der Waals surface area contributed by atoms with Gasteiger partial charge in [-0.2, -0.15) is 0 Å². The van der Waals surface area contributed by atoms with E-state index in [1.807, 2.05) is 0 Å². The fraction of sp³-hybridized carbons (Fsp3) is 0.625. The highest BCUT2D eigenvalue weighted by Gasteiger charge is 2.23. The molecule has 1 aromatic carbocycles. The van der Waals surface area contributed by atoms with Crippen LogP contribution in [-0.2, 0) is 6.54 Å². The highest BCUT2D eigenvalue weighted by Crippen LogP contribution is 2.17. The SMILES string of the molecule is CCN(Cc1ccccc1)[C@@H]1CCCN(CCN)C1. The summed E-state index contributed by atoms with van der Waals surface area (Å²) >= 11 is 0. The molecule has 0 amide bonds. The van der Waals surface area contributed by atoms with Gasteiger partial charge in [0, 0.05) is 32.2 Å². The molecular formula is C16H27N3. The first-order chi connectivity index (χ1) is 9.33. The minimum atomic E-state index is 0.686. The zero-order valence-corrected chi connectivity index (χ0v) is 12.1. The Hall–Kier alpha value is -0.900. The maximum atomic E-state index is 5.68. The Morgan fingerprint density at radius 2 is 2.11 bits per heavy atom. The molecule has 0 unspecified atom stereocenters. The van der Waals surface area contributed by atoms with E-state index < -0.39 is 0 Å². The topological polar surface area (TPSA) is 32.5 Å². The predicted molar refractivity (Wildman–Crippen MR) is 81.0 cm³/mol. The molecule has 1 saturated heterocycles. The lowest BCUT2D eigenvalue weighted by Gasteiger charge is -2.39. The summed E-state index contributed by atoms with van der Waals surface area (Å²) in [5.41, 5.74) is 7.10. The first-order valence-electron chi connectivity index (χ1n) is 7.54. The zero-order valence-electron chi connectivity index (χ0n) is 12.1. The van der Waals surface area contributed by atoms with Crippen LogP contribution in [0.2, 0.25) is 0 Å². The average Bonchev–Trinajstić information content (AvgIpc) is 2.46. The van der Waals surface area contributed by atoms with Crippen molar-refractivity contribution < 1.29 is 0 Å². The van der Waals surface area contributed by atoms with Gasteiger partial charge >= 0.3 is 0 Å². The van der Waals surface area contributed by atoms with Gasteiger partial charge in [0.25, 0.3) is 0 Å². The molecule has 3 nitrogen and oxygen atoms in total. The number of hydrogen-bond donors (Lipinski definition) is 1. The van der Waals surface area contributed by atoms with E-state index in [0.29, 0.717) is 6.04 Å². The van der Waals surface area contributed by atoms with Crippen LogP contribution in [0, 0.1) is 0 Å². The Bertz CT molecular complexity index is 350. The van der Waals surface area contributed by atoms with Crippen LogP contribution in [0.1, 0.15) is 25.3 Å². The standard InChI is InChI=1S/C16H27N3/c1-2-19(13-15-7-4-3-5-8-15)16-9-6-11-18(14-16)12-10-17/h3-5,7-8,16H,2,6,9-14,17H2,1H3/t16-/m1/s1. The number of rotatable bonds is 6. The van der Waals surface area contributed by atoms with E-state index in [2.05, 4.69) is 47.1 Å². The van der Waals surface area contributed by atoms with Gasteiger partial charge in [0.05, 0.1) is 0 Å². The van der Waals surface area contributed by atoms with Gasteiger partial charge in [-0.25, -0.2) is 0 Å². The van der Waals surface area contributed by atoms with Gasteiger partial charge in [-0.1, -0.05) is 37.3 Å². The summed E-state index contributed by atoms with van der Waals surface area (Å²) in [5, 5.41) is 0. The summed E-state index contributed by atoms with van der Waals surface area (Å²) in [6.45, 7) is 8.67. The lowest BCUT2D eigenvalue weighted by Crippen LogP contribution is -2.48. The molecule has 1 aromatic rings. The van der Waals surface area contributed by atoms with Crippen molar-refractivity contribution in [3.8, 4) is 0 Å². The van der Waals surface area contributed by atoms with E-state index in [1.165, 1.54) is 31.5 Å². The van der Waals surface area contributed by atoms with Gasteiger partial charge in [-0.05, 0) is 31.5 Å². The third kappa shape index (κ3) is 4.30. The van der Waals surface area contributed by atoms with Crippen LogP contribution in [0.5, 0.6) is 0 Å². The summed E-state index contributed by atoms with van der Waals surface area (Å²) in [6, 6.07) is 11.5. The van der Waals surface area contributed by atoms with Gasteiger partial charge in [0.2, 0.25) is 0 Å². The van der Waals surface area contributed by atoms with Gasteiger partial charge in [0.15, 0.2) is 0 Å². The molecule has 1 fully saturated rings. The van der Waals surface area contributed by atoms with E-state index >= 15 is 0 Å². The second kappa shape index (κ2) is 7.63. The second-order valence-corrected chi connectivity index (χ2v) is 5.43. The van der Waals surface area contributed by atoms with Gasteiger partial charge in [0.1, 0.15) is 0 Å². The number of piperidine rings is 1. The number of hydrogen-bond acceptors (Lipinski definition) is 3. The molecule has 1 aliphatic heterocycles. The Morgan fingerprint density at radius 1 is 1.32 bits per heavy atom. The van der Waals surface area contributed by atoms with Crippen molar-refractivity contribution in [3.63, 3.8) is 0 Å². The van der Waals surface area contributed by atoms with Gasteiger partial charge in [-0.3, -0.25) is 4.90 Å². The molecule has 0 aromatic heterocycles. The van der Waals surface area contributed by atoms with Crippen LogP contribution in [0.3, 0.4) is 0 Å². The molecule has 1 heterocycles. The van der Waals surface area contributed by atoms with Gasteiger partial charge < -0.3 is 10.6 Å². The molecule has 0 spiro atoms. The fourth-order valence-corrected chi connectivity index (χ4v) is 3.03. The fourth-order valence-electron chi connectivity index (χ4n) is 3.03. The minimum Gasteiger partial charge on any atom is -0.329 e. The molecule has 19 heavy (non-hydrogen) atoms. The molecule has 2 rings (SSSR count). The summed E-state index contributed by atoms with van der Waals surface area (Å²) in [5.74, 6) is 0. The highest BCUT2D eigenvalue weighted by atomic mass is 15.2. The molecule has 0 saturated carbocycles. The number of nitrogens with two attached hydrogens (primary N) is 1. The summed E-state index contributed by atoms with van der Waals surface area (Å²) in [6.07, 6.45) is 2.62. The minimum absolute atomic E-state index is 0.686. The van der Waals surface area contributed by atoms with Gasteiger partial charge in [-0.15, -0.1) is 0 Å². The van der Waals surface area contributed by atoms with Crippen LogP contribution >= 0.6 is 0 Å². The van der Waals surface area contributed by atoms with Crippen molar-refractivity contribution in [2.24, 2.45) is 5.73 Å². The second-order valence-electron chi connectivity index (χ2n) is 5.43. The van der Waals surface area contributed by atoms with Crippen molar-refractivity contribution >= 4 is 0 Å². The third-order valence-corrected chi connectivity index (χ3v) is 4.08. The van der Waals surface area contributed by atoms with Crippen molar-refractivity contribution in [2.75, 3.05) is 32.7 Å². The monoisotopic (exact) mass is 261 g/mol. The molecule has 106 valence electrons. The first-order valence-corrected chi connectivity index (χ1v) is 7.54. The Labute approximate surface area is 117 Å². The Balaban J connectivity index is 1.93. The Kier molecular flexibility index (Phi) is 5.83. The van der Waals surface area contributed by atoms with Crippen molar-refractivity contribution in [1.82, 2.24) is 9.80 Å². The average molecular weight is 261 g/mol. The van der Waals surface area contributed by atoms with Crippen LogP contribution in [0.4, 0.5) is 0 Å². The van der Waals surface area contributed by atoms with E-state index in [4.69, 9.17) is 5.73 Å². The van der Waals surface area contributed by atoms with Crippen LogP contribution in [0.15, 0.2) is 30.3 Å².